The Hall–Kier alpha value is -1.96. The summed E-state index contributed by atoms with van der Waals surface area (Å²) in [6.45, 7) is 3.81. The molecule has 0 aliphatic heterocycles. The summed E-state index contributed by atoms with van der Waals surface area (Å²) in [5.74, 6) is 0.170. The maximum Gasteiger partial charge on any atom is 0.237 e. The molecule has 152 valence electrons. The molecule has 1 aromatic carbocycles. The number of aromatic hydroxyl groups is 1. The van der Waals surface area contributed by atoms with E-state index >= 15 is 0 Å². The number of aldehydes is 1. The van der Waals surface area contributed by atoms with E-state index in [1.54, 1.807) is 12.1 Å². The number of carbonyl (C=O) groups excluding carboxylic acids is 2. The Kier molecular flexibility index (Phi) is 12.9. The minimum atomic E-state index is -0.358. The minimum absolute atomic E-state index is 0.0368. The van der Waals surface area contributed by atoms with Crippen molar-refractivity contribution in [1.29, 1.82) is 0 Å². The Labute approximate surface area is 162 Å². The van der Waals surface area contributed by atoms with E-state index in [0.717, 1.165) is 44.2 Å². The number of amides is 1. The Bertz CT molecular complexity index is 522. The molecule has 7 nitrogen and oxygen atoms in total. The van der Waals surface area contributed by atoms with Gasteiger partial charge in [-0.1, -0.05) is 12.1 Å². The summed E-state index contributed by atoms with van der Waals surface area (Å²) < 4.78 is 0. The van der Waals surface area contributed by atoms with Crippen LogP contribution in [0.4, 0.5) is 0 Å². The monoisotopic (exact) mass is 378 g/mol. The van der Waals surface area contributed by atoms with Crippen LogP contribution in [-0.2, 0) is 16.0 Å². The molecule has 6 N–H and O–H groups in total. The second-order valence-electron chi connectivity index (χ2n) is 6.58. The standard InChI is InChI=1S/C20H34N4O3/c21-10-5-12-22-11-1-2-14-24-20(27)19(23-13-3-4-15-25)16-17-6-8-18(26)9-7-17/h6-9,15,19,22-23,26H,1-5,10-14,16,21H2,(H,24,27). The SMILES string of the molecule is NCCCNCCCCNC(=O)C(Cc1ccc(O)cc1)NCCCC=O. The lowest BCUT2D eigenvalue weighted by molar-refractivity contribution is -0.123. The molecule has 0 saturated heterocycles. The average molecular weight is 379 g/mol. The predicted molar refractivity (Wildman–Crippen MR) is 108 cm³/mol. The summed E-state index contributed by atoms with van der Waals surface area (Å²) in [5.41, 5.74) is 6.42. The molecule has 0 radical (unpaired) electrons. The van der Waals surface area contributed by atoms with Crippen LogP contribution in [0.1, 0.15) is 37.7 Å². The Balaban J connectivity index is 2.37. The van der Waals surface area contributed by atoms with E-state index in [4.69, 9.17) is 5.73 Å². The number of phenols is 1. The third-order valence-corrected chi connectivity index (χ3v) is 4.22. The van der Waals surface area contributed by atoms with Gasteiger partial charge in [0.25, 0.3) is 0 Å². The van der Waals surface area contributed by atoms with Gasteiger partial charge in [-0.25, -0.2) is 0 Å². The minimum Gasteiger partial charge on any atom is -0.508 e. The van der Waals surface area contributed by atoms with Gasteiger partial charge < -0.3 is 31.6 Å². The van der Waals surface area contributed by atoms with Crippen LogP contribution in [0.15, 0.2) is 24.3 Å². The van der Waals surface area contributed by atoms with Crippen molar-refractivity contribution < 1.29 is 14.7 Å². The highest BCUT2D eigenvalue weighted by Gasteiger charge is 2.17. The maximum atomic E-state index is 12.5. The number of rotatable bonds is 16. The lowest BCUT2D eigenvalue weighted by Gasteiger charge is -2.18. The van der Waals surface area contributed by atoms with E-state index in [1.807, 2.05) is 12.1 Å². The van der Waals surface area contributed by atoms with Crippen molar-refractivity contribution in [2.45, 2.75) is 44.6 Å². The molecule has 0 saturated carbocycles. The lowest BCUT2D eigenvalue weighted by Crippen LogP contribution is -2.46. The average Bonchev–Trinajstić information content (AvgIpc) is 2.67. The van der Waals surface area contributed by atoms with Gasteiger partial charge in [-0.3, -0.25) is 4.79 Å². The highest BCUT2D eigenvalue weighted by Crippen LogP contribution is 2.11. The number of nitrogens with one attached hydrogen (secondary N) is 3. The summed E-state index contributed by atoms with van der Waals surface area (Å²) in [6.07, 6.45) is 5.51. The molecule has 0 spiro atoms. The first kappa shape index (κ1) is 23.1. The third-order valence-electron chi connectivity index (χ3n) is 4.22. The van der Waals surface area contributed by atoms with Gasteiger partial charge in [0.15, 0.2) is 0 Å². The third kappa shape index (κ3) is 11.4. The second-order valence-corrected chi connectivity index (χ2v) is 6.58. The quantitative estimate of drug-likeness (QED) is 0.214. The second kappa shape index (κ2) is 15.1. The Morgan fingerprint density at radius 1 is 1.04 bits per heavy atom. The summed E-state index contributed by atoms with van der Waals surface area (Å²) in [4.78, 5) is 23.0. The van der Waals surface area contributed by atoms with E-state index in [1.165, 1.54) is 0 Å². The van der Waals surface area contributed by atoms with Gasteiger partial charge in [-0.15, -0.1) is 0 Å². The summed E-state index contributed by atoms with van der Waals surface area (Å²) in [6, 6.07) is 6.51. The van der Waals surface area contributed by atoms with Crippen LogP contribution in [0.25, 0.3) is 0 Å². The van der Waals surface area contributed by atoms with Crippen LogP contribution in [0.5, 0.6) is 5.75 Å². The number of hydrogen-bond acceptors (Lipinski definition) is 6. The fraction of sp³-hybridized carbons (Fsp3) is 0.600. The molecular formula is C20H34N4O3. The lowest BCUT2D eigenvalue weighted by atomic mass is 10.0. The zero-order valence-corrected chi connectivity index (χ0v) is 16.1. The molecule has 7 heteroatoms. The topological polar surface area (TPSA) is 116 Å². The fourth-order valence-corrected chi connectivity index (χ4v) is 2.65. The molecule has 1 rings (SSSR count). The van der Waals surface area contributed by atoms with Gasteiger partial charge in [0.1, 0.15) is 12.0 Å². The number of nitrogens with two attached hydrogens (primary N) is 1. The van der Waals surface area contributed by atoms with Crippen LogP contribution in [0.2, 0.25) is 0 Å². The molecule has 1 amide bonds. The Morgan fingerprint density at radius 3 is 2.44 bits per heavy atom. The molecular weight excluding hydrogens is 344 g/mol. The first-order chi connectivity index (χ1) is 13.2. The van der Waals surface area contributed by atoms with E-state index in [0.29, 0.717) is 38.9 Å². The molecule has 1 atom stereocenters. The Morgan fingerprint density at radius 2 is 1.74 bits per heavy atom. The molecule has 0 aliphatic rings. The number of hydrogen-bond donors (Lipinski definition) is 5. The first-order valence-electron chi connectivity index (χ1n) is 9.80. The van der Waals surface area contributed by atoms with Gasteiger partial charge in [-0.2, -0.15) is 0 Å². The van der Waals surface area contributed by atoms with E-state index in [-0.39, 0.29) is 17.7 Å². The maximum absolute atomic E-state index is 12.5. The number of unbranched alkanes of at least 4 members (excludes halogenated alkanes) is 2. The van der Waals surface area contributed by atoms with E-state index in [9.17, 15) is 14.7 Å². The highest BCUT2D eigenvalue weighted by atomic mass is 16.3. The molecule has 0 aliphatic carbocycles. The summed E-state index contributed by atoms with van der Waals surface area (Å²) in [5, 5.41) is 18.9. The molecule has 0 fully saturated rings. The van der Waals surface area contributed by atoms with Gasteiger partial charge in [0, 0.05) is 13.0 Å². The van der Waals surface area contributed by atoms with Crippen LogP contribution >= 0.6 is 0 Å². The molecule has 0 aromatic heterocycles. The first-order valence-corrected chi connectivity index (χ1v) is 9.80. The van der Waals surface area contributed by atoms with Crippen LogP contribution in [0, 0.1) is 0 Å². The highest BCUT2D eigenvalue weighted by molar-refractivity contribution is 5.82. The number of carbonyl (C=O) groups is 2. The zero-order chi connectivity index (χ0) is 19.7. The smallest absolute Gasteiger partial charge is 0.237 e. The predicted octanol–water partition coefficient (Wildman–Crippen LogP) is 0.707. The van der Waals surface area contributed by atoms with Gasteiger partial charge in [-0.05, 0) is 76.0 Å². The van der Waals surface area contributed by atoms with Crippen molar-refractivity contribution in [2.75, 3.05) is 32.7 Å². The van der Waals surface area contributed by atoms with E-state index in [2.05, 4.69) is 16.0 Å². The fourth-order valence-electron chi connectivity index (χ4n) is 2.65. The van der Waals surface area contributed by atoms with Gasteiger partial charge >= 0.3 is 0 Å². The zero-order valence-electron chi connectivity index (χ0n) is 16.1. The van der Waals surface area contributed by atoms with Gasteiger partial charge in [0.05, 0.1) is 6.04 Å². The van der Waals surface area contributed by atoms with Crippen LogP contribution < -0.4 is 21.7 Å². The van der Waals surface area contributed by atoms with Crippen LogP contribution in [-0.4, -0.2) is 56.1 Å². The van der Waals surface area contributed by atoms with Crippen LogP contribution in [0.3, 0.4) is 0 Å². The van der Waals surface area contributed by atoms with Crippen molar-refractivity contribution in [3.05, 3.63) is 29.8 Å². The van der Waals surface area contributed by atoms with Crippen molar-refractivity contribution in [2.24, 2.45) is 5.73 Å². The van der Waals surface area contributed by atoms with Gasteiger partial charge in [0.2, 0.25) is 5.91 Å². The van der Waals surface area contributed by atoms with Crippen molar-refractivity contribution in [1.82, 2.24) is 16.0 Å². The molecule has 1 unspecified atom stereocenters. The van der Waals surface area contributed by atoms with Crippen molar-refractivity contribution in [3.63, 3.8) is 0 Å². The normalized spacial score (nSPS) is 11.9. The number of benzene rings is 1. The summed E-state index contributed by atoms with van der Waals surface area (Å²) in [7, 11) is 0. The molecule has 1 aromatic rings. The largest absolute Gasteiger partial charge is 0.508 e. The molecule has 0 heterocycles. The number of phenolic OH excluding ortho intramolecular Hbond substituents is 1. The van der Waals surface area contributed by atoms with Crippen molar-refractivity contribution >= 4 is 12.2 Å². The summed E-state index contributed by atoms with van der Waals surface area (Å²) >= 11 is 0. The molecule has 27 heavy (non-hydrogen) atoms. The van der Waals surface area contributed by atoms with Crippen molar-refractivity contribution in [3.8, 4) is 5.75 Å². The molecule has 0 bridgehead atoms. The van der Waals surface area contributed by atoms with E-state index < -0.39 is 0 Å².